The molecule has 0 saturated carbocycles. The monoisotopic (exact) mass is 520 g/mol. The molecule has 1 aliphatic rings. The first-order chi connectivity index (χ1) is 17.6. The molecule has 0 spiro atoms. The zero-order valence-electron chi connectivity index (χ0n) is 23.7. The second-order valence-corrected chi connectivity index (χ2v) is 13.1. The highest BCUT2D eigenvalue weighted by Crippen LogP contribution is 2.51. The van der Waals surface area contributed by atoms with Gasteiger partial charge in [-0.15, -0.1) is 11.8 Å². The first-order valence-electron chi connectivity index (χ1n) is 14.0. The average Bonchev–Trinajstić information content (AvgIpc) is 2.83. The van der Waals surface area contributed by atoms with Gasteiger partial charge in [0, 0.05) is 40.4 Å². The standard InChI is InChI=1S/C32H44N2O2S/c1-7-9-10-11-14-25-20-28-27(31(3,4)23-32(5,6)37-28)19-26(25)18-17-24-21-33-29(34-22-24)15-12-13-16-30(35)36-8-2/h19-22H,7-16,23H2,1-6H3. The van der Waals surface area contributed by atoms with Gasteiger partial charge in [-0.3, -0.25) is 4.79 Å². The number of carbonyl (C=O) groups is 1. The van der Waals surface area contributed by atoms with E-state index in [9.17, 15) is 4.79 Å². The van der Waals surface area contributed by atoms with E-state index in [1.165, 1.54) is 41.7 Å². The number of rotatable bonds is 11. The highest BCUT2D eigenvalue weighted by atomic mass is 32.2. The van der Waals surface area contributed by atoms with Gasteiger partial charge in [0.2, 0.25) is 0 Å². The number of aryl methyl sites for hydroxylation is 2. The SMILES string of the molecule is CCCCCCc1cc2c(cc1C#Cc1cnc(CCCCC(=O)OCC)nc1)C(C)(C)CC(C)(C)S2. The third-order valence-corrected chi connectivity index (χ3v) is 8.13. The number of esters is 1. The average molecular weight is 521 g/mol. The summed E-state index contributed by atoms with van der Waals surface area (Å²) in [5, 5.41) is 0. The van der Waals surface area contributed by atoms with Gasteiger partial charge in [-0.1, -0.05) is 65.7 Å². The summed E-state index contributed by atoms with van der Waals surface area (Å²) in [6.07, 6.45) is 13.7. The van der Waals surface area contributed by atoms with Crippen molar-refractivity contribution >= 4 is 17.7 Å². The lowest BCUT2D eigenvalue weighted by Gasteiger charge is -2.42. The number of unbranched alkanes of at least 4 members (excludes halogenated alkanes) is 4. The number of carbonyl (C=O) groups excluding carboxylic acids is 1. The molecule has 3 rings (SSSR count). The topological polar surface area (TPSA) is 52.1 Å². The molecule has 4 nitrogen and oxygen atoms in total. The van der Waals surface area contributed by atoms with Crippen LogP contribution in [-0.4, -0.2) is 27.3 Å². The Kier molecular flexibility index (Phi) is 10.6. The number of benzene rings is 1. The number of ether oxygens (including phenoxy) is 1. The molecule has 0 radical (unpaired) electrons. The fourth-order valence-corrected chi connectivity index (χ4v) is 6.94. The number of nitrogens with zero attached hydrogens (tertiary/aromatic N) is 2. The molecular formula is C32H44N2O2S. The van der Waals surface area contributed by atoms with Gasteiger partial charge >= 0.3 is 5.97 Å². The van der Waals surface area contributed by atoms with Gasteiger partial charge in [-0.05, 0) is 67.7 Å². The van der Waals surface area contributed by atoms with E-state index >= 15 is 0 Å². The van der Waals surface area contributed by atoms with Crippen molar-refractivity contribution in [1.29, 1.82) is 0 Å². The van der Waals surface area contributed by atoms with Crippen molar-refractivity contribution in [3.8, 4) is 11.8 Å². The Hall–Kier alpha value is -2.32. The maximum atomic E-state index is 11.5. The van der Waals surface area contributed by atoms with Gasteiger partial charge in [0.15, 0.2) is 0 Å². The minimum absolute atomic E-state index is 0.124. The molecule has 5 heteroatoms. The fourth-order valence-electron chi connectivity index (χ4n) is 5.27. The Morgan fingerprint density at radius 2 is 1.70 bits per heavy atom. The molecule has 1 aromatic carbocycles. The van der Waals surface area contributed by atoms with E-state index in [4.69, 9.17) is 4.74 Å². The molecule has 0 fully saturated rings. The van der Waals surface area contributed by atoms with Crippen molar-refractivity contribution in [2.45, 2.75) is 121 Å². The van der Waals surface area contributed by atoms with Crippen LogP contribution in [0.15, 0.2) is 29.4 Å². The molecule has 0 amide bonds. The molecule has 0 N–H and O–H groups in total. The Labute approximate surface area is 228 Å². The molecule has 37 heavy (non-hydrogen) atoms. The maximum Gasteiger partial charge on any atom is 0.305 e. The molecule has 2 aromatic rings. The predicted octanol–water partition coefficient (Wildman–Crippen LogP) is 7.83. The van der Waals surface area contributed by atoms with Crippen molar-refractivity contribution in [1.82, 2.24) is 9.97 Å². The largest absolute Gasteiger partial charge is 0.466 e. The van der Waals surface area contributed by atoms with Crippen LogP contribution in [0.4, 0.5) is 0 Å². The van der Waals surface area contributed by atoms with Gasteiger partial charge in [0.25, 0.3) is 0 Å². The molecule has 0 saturated heterocycles. The predicted molar refractivity (Wildman–Crippen MR) is 154 cm³/mol. The van der Waals surface area contributed by atoms with Crippen LogP contribution in [0.1, 0.15) is 121 Å². The smallest absolute Gasteiger partial charge is 0.305 e. The van der Waals surface area contributed by atoms with E-state index < -0.39 is 0 Å². The summed E-state index contributed by atoms with van der Waals surface area (Å²) in [6, 6.07) is 4.78. The van der Waals surface area contributed by atoms with Crippen molar-refractivity contribution in [3.05, 3.63) is 52.6 Å². The van der Waals surface area contributed by atoms with E-state index in [1.54, 1.807) is 0 Å². The third kappa shape index (κ3) is 8.88. The lowest BCUT2D eigenvalue weighted by atomic mass is 9.76. The van der Waals surface area contributed by atoms with Crippen LogP contribution in [-0.2, 0) is 27.8 Å². The van der Waals surface area contributed by atoms with E-state index in [1.807, 2.05) is 31.1 Å². The Bertz CT molecular complexity index is 1110. The van der Waals surface area contributed by atoms with Crippen LogP contribution in [0.2, 0.25) is 0 Å². The third-order valence-electron chi connectivity index (χ3n) is 6.87. The first-order valence-corrected chi connectivity index (χ1v) is 14.8. The Balaban J connectivity index is 1.75. The summed E-state index contributed by atoms with van der Waals surface area (Å²) in [6.45, 7) is 14.0. The van der Waals surface area contributed by atoms with Crippen molar-refractivity contribution in [2.75, 3.05) is 6.61 Å². The quantitative estimate of drug-likeness (QED) is 0.172. The van der Waals surface area contributed by atoms with Crippen molar-refractivity contribution in [3.63, 3.8) is 0 Å². The van der Waals surface area contributed by atoms with E-state index in [2.05, 4.69) is 68.6 Å². The lowest BCUT2D eigenvalue weighted by molar-refractivity contribution is -0.143. The summed E-state index contributed by atoms with van der Waals surface area (Å²) in [7, 11) is 0. The summed E-state index contributed by atoms with van der Waals surface area (Å²) in [5.41, 5.74) is 4.89. The molecule has 2 heterocycles. The summed E-state index contributed by atoms with van der Waals surface area (Å²) >= 11 is 2.02. The minimum atomic E-state index is -0.133. The van der Waals surface area contributed by atoms with Crippen LogP contribution >= 0.6 is 11.8 Å². The van der Waals surface area contributed by atoms with E-state index in [-0.39, 0.29) is 16.1 Å². The lowest BCUT2D eigenvalue weighted by Crippen LogP contribution is -2.33. The first kappa shape index (κ1) is 29.2. The van der Waals surface area contributed by atoms with Crippen LogP contribution in [0.3, 0.4) is 0 Å². The number of hydrogen-bond acceptors (Lipinski definition) is 5. The van der Waals surface area contributed by atoms with Gasteiger partial charge < -0.3 is 4.74 Å². The molecule has 0 bridgehead atoms. The molecule has 1 aromatic heterocycles. The molecule has 0 atom stereocenters. The number of thioether (sulfide) groups is 1. The van der Waals surface area contributed by atoms with Gasteiger partial charge in [0.05, 0.1) is 12.2 Å². The maximum absolute atomic E-state index is 11.5. The summed E-state index contributed by atoms with van der Waals surface area (Å²) < 4.78 is 5.22. The zero-order valence-corrected chi connectivity index (χ0v) is 24.5. The molecule has 1 aliphatic heterocycles. The zero-order chi connectivity index (χ0) is 26.9. The van der Waals surface area contributed by atoms with Crippen LogP contribution < -0.4 is 0 Å². The fraction of sp³-hybridized carbons (Fsp3) is 0.594. The number of hydrogen-bond donors (Lipinski definition) is 0. The Morgan fingerprint density at radius 1 is 0.973 bits per heavy atom. The molecular weight excluding hydrogens is 476 g/mol. The van der Waals surface area contributed by atoms with Gasteiger partial charge in [-0.2, -0.15) is 0 Å². The van der Waals surface area contributed by atoms with Crippen LogP contribution in [0.25, 0.3) is 0 Å². The summed E-state index contributed by atoms with van der Waals surface area (Å²) in [5.74, 6) is 7.48. The van der Waals surface area contributed by atoms with Crippen molar-refractivity contribution in [2.24, 2.45) is 0 Å². The second-order valence-electron chi connectivity index (χ2n) is 11.4. The molecule has 0 unspecified atom stereocenters. The summed E-state index contributed by atoms with van der Waals surface area (Å²) in [4.78, 5) is 21.9. The van der Waals surface area contributed by atoms with Crippen LogP contribution in [0, 0.1) is 11.8 Å². The number of fused-ring (bicyclic) bond motifs is 1. The second kappa shape index (κ2) is 13.5. The Morgan fingerprint density at radius 3 is 2.41 bits per heavy atom. The van der Waals surface area contributed by atoms with Gasteiger partial charge in [-0.25, -0.2) is 9.97 Å². The highest BCUT2D eigenvalue weighted by molar-refractivity contribution is 8.00. The number of aromatic nitrogens is 2. The highest BCUT2D eigenvalue weighted by Gasteiger charge is 2.38. The van der Waals surface area contributed by atoms with Crippen LogP contribution in [0.5, 0.6) is 0 Å². The van der Waals surface area contributed by atoms with Crippen molar-refractivity contribution < 1.29 is 9.53 Å². The van der Waals surface area contributed by atoms with E-state index in [0.29, 0.717) is 13.0 Å². The minimum Gasteiger partial charge on any atom is -0.466 e. The van der Waals surface area contributed by atoms with Gasteiger partial charge in [0.1, 0.15) is 5.82 Å². The van der Waals surface area contributed by atoms with E-state index in [0.717, 1.165) is 49.1 Å². The molecule has 200 valence electrons. The normalized spacial score (nSPS) is 15.4. The molecule has 0 aliphatic carbocycles.